The normalized spacial score (nSPS) is 18.4. The summed E-state index contributed by atoms with van der Waals surface area (Å²) < 4.78 is 11.2. The molecule has 2 aliphatic heterocycles. The number of morpholine rings is 1. The van der Waals surface area contributed by atoms with E-state index in [1.165, 1.54) is 12.2 Å². The molecule has 2 aliphatic rings. The molecule has 2 saturated heterocycles. The van der Waals surface area contributed by atoms with Crippen LogP contribution in [0.2, 0.25) is 0 Å². The van der Waals surface area contributed by atoms with E-state index in [-0.39, 0.29) is 0 Å². The molecule has 0 radical (unpaired) electrons. The van der Waals surface area contributed by atoms with E-state index in [9.17, 15) is 0 Å². The van der Waals surface area contributed by atoms with Gasteiger partial charge >= 0.3 is 0 Å². The Balaban J connectivity index is 1.37. The van der Waals surface area contributed by atoms with Gasteiger partial charge in [-0.2, -0.15) is 0 Å². The molecule has 0 unspecified atom stereocenters. The molecule has 1 aromatic carbocycles. The summed E-state index contributed by atoms with van der Waals surface area (Å²) >= 11 is 5.61. The highest BCUT2D eigenvalue weighted by atomic mass is 32.1. The molecule has 7 heteroatoms. The van der Waals surface area contributed by atoms with Gasteiger partial charge in [0, 0.05) is 39.1 Å². The third-order valence-electron chi connectivity index (χ3n) is 5.26. The van der Waals surface area contributed by atoms with Crippen LogP contribution in [0.25, 0.3) is 0 Å². The lowest BCUT2D eigenvalue weighted by atomic mass is 10.2. The van der Waals surface area contributed by atoms with E-state index in [2.05, 4.69) is 27.2 Å². The van der Waals surface area contributed by atoms with E-state index in [0.717, 1.165) is 76.3 Å². The van der Waals surface area contributed by atoms with Gasteiger partial charge in [0.05, 0.1) is 32.1 Å². The van der Waals surface area contributed by atoms with E-state index < -0.39 is 0 Å². The molecule has 1 aromatic rings. The first-order chi connectivity index (χ1) is 13.3. The molecule has 2 heterocycles. The Kier molecular flexibility index (Phi) is 7.98. The van der Waals surface area contributed by atoms with Gasteiger partial charge in [-0.1, -0.05) is 12.1 Å². The van der Waals surface area contributed by atoms with Crippen molar-refractivity contribution in [2.75, 3.05) is 77.1 Å². The van der Waals surface area contributed by atoms with Gasteiger partial charge in [0.25, 0.3) is 0 Å². The van der Waals surface area contributed by atoms with Gasteiger partial charge in [0.2, 0.25) is 0 Å². The maximum absolute atomic E-state index is 5.78. The standard InChI is InChI=1S/C20H32N4O2S/c1-2-26-19-7-4-3-6-18(19)23-10-12-24(13-11-23)20(27)21-8-5-9-22-14-16-25-17-15-22/h3-4,6-7H,2,5,8-17H2,1H3,(H,21,27)/p+1. The Bertz CT molecular complexity index is 587. The summed E-state index contributed by atoms with van der Waals surface area (Å²) in [6.07, 6.45) is 1.15. The maximum Gasteiger partial charge on any atom is 0.169 e. The topological polar surface area (TPSA) is 41.4 Å². The smallest absolute Gasteiger partial charge is 0.169 e. The van der Waals surface area contributed by atoms with Crippen molar-refractivity contribution in [2.24, 2.45) is 0 Å². The number of nitrogens with one attached hydrogen (secondary N) is 2. The fourth-order valence-corrected chi connectivity index (χ4v) is 3.99. The predicted molar refractivity (Wildman–Crippen MR) is 113 cm³/mol. The highest BCUT2D eigenvalue weighted by Crippen LogP contribution is 2.28. The fourth-order valence-electron chi connectivity index (χ4n) is 3.70. The van der Waals surface area contributed by atoms with E-state index in [1.54, 1.807) is 4.90 Å². The molecule has 0 atom stereocenters. The third kappa shape index (κ3) is 5.96. The number of hydrogen-bond acceptors (Lipinski definition) is 4. The molecule has 2 N–H and O–H groups in total. The second kappa shape index (κ2) is 10.7. The summed E-state index contributed by atoms with van der Waals surface area (Å²) in [5.74, 6) is 0.972. The highest BCUT2D eigenvalue weighted by molar-refractivity contribution is 7.80. The number of ether oxygens (including phenoxy) is 2. The number of rotatable bonds is 7. The molecule has 27 heavy (non-hydrogen) atoms. The van der Waals surface area contributed by atoms with Crippen molar-refractivity contribution in [2.45, 2.75) is 13.3 Å². The predicted octanol–water partition coefficient (Wildman–Crippen LogP) is 0.387. The summed E-state index contributed by atoms with van der Waals surface area (Å²) in [4.78, 5) is 6.33. The number of para-hydroxylation sites is 2. The van der Waals surface area contributed by atoms with Crippen molar-refractivity contribution in [1.82, 2.24) is 10.2 Å². The van der Waals surface area contributed by atoms with Crippen LogP contribution < -0.4 is 19.9 Å². The average molecular weight is 394 g/mol. The number of quaternary nitrogens is 1. The lowest BCUT2D eigenvalue weighted by Gasteiger charge is -2.38. The summed E-state index contributed by atoms with van der Waals surface area (Å²) in [6.45, 7) is 12.8. The Morgan fingerprint density at radius 3 is 2.67 bits per heavy atom. The van der Waals surface area contributed by atoms with E-state index in [1.807, 2.05) is 19.1 Å². The molecular formula is C20H33N4O2S+. The number of anilines is 1. The molecule has 3 rings (SSSR count). The van der Waals surface area contributed by atoms with E-state index >= 15 is 0 Å². The summed E-state index contributed by atoms with van der Waals surface area (Å²) in [5, 5.41) is 4.34. The molecular weight excluding hydrogens is 360 g/mol. The summed E-state index contributed by atoms with van der Waals surface area (Å²) in [6, 6.07) is 8.30. The Morgan fingerprint density at radius 1 is 1.19 bits per heavy atom. The second-order valence-electron chi connectivity index (χ2n) is 7.07. The van der Waals surface area contributed by atoms with Crippen molar-refractivity contribution in [1.29, 1.82) is 0 Å². The molecule has 0 spiro atoms. The van der Waals surface area contributed by atoms with Crippen LogP contribution in [0.5, 0.6) is 5.75 Å². The molecule has 0 aromatic heterocycles. The average Bonchev–Trinajstić information content (AvgIpc) is 2.73. The second-order valence-corrected chi connectivity index (χ2v) is 7.46. The van der Waals surface area contributed by atoms with Crippen LogP contribution in [0.3, 0.4) is 0 Å². The van der Waals surface area contributed by atoms with Crippen LogP contribution in [0.1, 0.15) is 13.3 Å². The molecule has 0 aliphatic carbocycles. The van der Waals surface area contributed by atoms with Crippen LogP contribution >= 0.6 is 12.2 Å². The highest BCUT2D eigenvalue weighted by Gasteiger charge is 2.21. The number of nitrogens with zero attached hydrogens (tertiary/aromatic N) is 2. The first kappa shape index (κ1) is 20.2. The maximum atomic E-state index is 5.78. The largest absolute Gasteiger partial charge is 0.492 e. The van der Waals surface area contributed by atoms with Crippen LogP contribution in [-0.4, -0.2) is 82.2 Å². The molecule has 6 nitrogen and oxygen atoms in total. The first-order valence-corrected chi connectivity index (χ1v) is 10.6. The van der Waals surface area contributed by atoms with E-state index in [0.29, 0.717) is 6.61 Å². The van der Waals surface area contributed by atoms with Crippen molar-refractivity contribution in [3.63, 3.8) is 0 Å². The summed E-state index contributed by atoms with van der Waals surface area (Å²) in [5.41, 5.74) is 1.19. The van der Waals surface area contributed by atoms with Crippen LogP contribution in [0.4, 0.5) is 5.69 Å². The Morgan fingerprint density at radius 2 is 1.93 bits per heavy atom. The van der Waals surface area contributed by atoms with Gasteiger partial charge < -0.3 is 29.5 Å². The van der Waals surface area contributed by atoms with Crippen molar-refractivity contribution in [3.05, 3.63) is 24.3 Å². The van der Waals surface area contributed by atoms with Gasteiger partial charge in [-0.15, -0.1) is 0 Å². The van der Waals surface area contributed by atoms with Crippen LogP contribution in [0.15, 0.2) is 24.3 Å². The lowest BCUT2D eigenvalue weighted by molar-refractivity contribution is -0.908. The van der Waals surface area contributed by atoms with Gasteiger partial charge in [-0.25, -0.2) is 0 Å². The number of benzene rings is 1. The minimum Gasteiger partial charge on any atom is -0.492 e. The molecule has 0 bridgehead atoms. The number of hydrogen-bond donors (Lipinski definition) is 2. The van der Waals surface area contributed by atoms with Crippen molar-refractivity contribution < 1.29 is 14.4 Å². The fraction of sp³-hybridized carbons (Fsp3) is 0.650. The lowest BCUT2D eigenvalue weighted by Crippen LogP contribution is -3.14. The zero-order valence-corrected chi connectivity index (χ0v) is 17.2. The SMILES string of the molecule is CCOc1ccccc1N1CCN(C(=S)NCCC[NH+]2CCOCC2)CC1. The summed E-state index contributed by atoms with van der Waals surface area (Å²) in [7, 11) is 0. The van der Waals surface area contributed by atoms with Gasteiger partial charge in [-0.05, 0) is 31.3 Å². The zero-order chi connectivity index (χ0) is 18.9. The Labute approximate surface area is 168 Å². The van der Waals surface area contributed by atoms with Gasteiger partial charge in [-0.3, -0.25) is 0 Å². The van der Waals surface area contributed by atoms with Crippen molar-refractivity contribution in [3.8, 4) is 5.75 Å². The minimum atomic E-state index is 0.692. The third-order valence-corrected chi connectivity index (χ3v) is 5.66. The minimum absolute atomic E-state index is 0.692. The van der Waals surface area contributed by atoms with Gasteiger partial charge in [0.1, 0.15) is 18.8 Å². The quantitative estimate of drug-likeness (QED) is 0.516. The van der Waals surface area contributed by atoms with Crippen LogP contribution in [0, 0.1) is 0 Å². The molecule has 0 saturated carbocycles. The van der Waals surface area contributed by atoms with Crippen molar-refractivity contribution >= 4 is 23.0 Å². The number of thiocarbonyl (C=S) groups is 1. The zero-order valence-electron chi connectivity index (χ0n) is 16.4. The van der Waals surface area contributed by atoms with Gasteiger partial charge in [0.15, 0.2) is 5.11 Å². The van der Waals surface area contributed by atoms with E-state index in [4.69, 9.17) is 21.7 Å². The molecule has 150 valence electrons. The Hall–Kier alpha value is -1.57. The first-order valence-electron chi connectivity index (χ1n) is 10.2. The molecule has 2 fully saturated rings. The van der Waals surface area contributed by atoms with Crippen LogP contribution in [-0.2, 0) is 4.74 Å². The molecule has 0 amide bonds. The number of piperazine rings is 1. The monoisotopic (exact) mass is 393 g/mol.